The Morgan fingerprint density at radius 2 is 1.80 bits per heavy atom. The standard InChI is InChI=1S/C17H25NO2/c1-13(2)11-18(14(3)4)12-16-7-5-15(6-8-16)9-10-17(19)20/h5-10,13-14H,11-12H2,1-4H3,(H,19,20). The van der Waals surface area contributed by atoms with Crippen LogP contribution in [0.1, 0.15) is 38.8 Å². The SMILES string of the molecule is CC(C)CN(Cc1ccc(C=CC(=O)O)cc1)C(C)C. The summed E-state index contributed by atoms with van der Waals surface area (Å²) < 4.78 is 0. The zero-order valence-electron chi connectivity index (χ0n) is 12.8. The van der Waals surface area contributed by atoms with E-state index >= 15 is 0 Å². The quantitative estimate of drug-likeness (QED) is 0.772. The summed E-state index contributed by atoms with van der Waals surface area (Å²) in [6.07, 6.45) is 2.77. The van der Waals surface area contributed by atoms with Crippen molar-refractivity contribution in [2.45, 2.75) is 40.3 Å². The molecule has 0 amide bonds. The molecule has 0 unspecified atom stereocenters. The number of rotatable bonds is 7. The van der Waals surface area contributed by atoms with E-state index in [0.717, 1.165) is 24.7 Å². The second-order valence-electron chi connectivity index (χ2n) is 5.83. The summed E-state index contributed by atoms with van der Waals surface area (Å²) in [4.78, 5) is 12.9. The largest absolute Gasteiger partial charge is 0.478 e. The highest BCUT2D eigenvalue weighted by Crippen LogP contribution is 2.12. The lowest BCUT2D eigenvalue weighted by Crippen LogP contribution is -2.33. The van der Waals surface area contributed by atoms with E-state index in [2.05, 4.69) is 44.7 Å². The molecule has 0 aliphatic rings. The van der Waals surface area contributed by atoms with Crippen molar-refractivity contribution in [3.8, 4) is 0 Å². The van der Waals surface area contributed by atoms with Gasteiger partial charge in [0.15, 0.2) is 0 Å². The Hall–Kier alpha value is -1.61. The molecule has 3 nitrogen and oxygen atoms in total. The van der Waals surface area contributed by atoms with E-state index in [4.69, 9.17) is 5.11 Å². The molecule has 0 saturated heterocycles. The van der Waals surface area contributed by atoms with E-state index in [0.29, 0.717) is 12.0 Å². The van der Waals surface area contributed by atoms with Gasteiger partial charge in [0.1, 0.15) is 0 Å². The summed E-state index contributed by atoms with van der Waals surface area (Å²) in [5.74, 6) is -0.271. The van der Waals surface area contributed by atoms with Crippen LogP contribution in [0.4, 0.5) is 0 Å². The normalized spacial score (nSPS) is 11.9. The Bertz CT molecular complexity index is 447. The third-order valence-corrected chi connectivity index (χ3v) is 3.11. The van der Waals surface area contributed by atoms with Gasteiger partial charge in [0.05, 0.1) is 0 Å². The monoisotopic (exact) mass is 275 g/mol. The first-order valence-corrected chi connectivity index (χ1v) is 7.12. The van der Waals surface area contributed by atoms with Crippen LogP contribution in [0.2, 0.25) is 0 Å². The third kappa shape index (κ3) is 6.02. The fraction of sp³-hybridized carbons (Fsp3) is 0.471. The van der Waals surface area contributed by atoms with Crippen molar-refractivity contribution >= 4 is 12.0 Å². The summed E-state index contributed by atoms with van der Waals surface area (Å²) in [6.45, 7) is 10.9. The number of carbonyl (C=O) groups is 1. The third-order valence-electron chi connectivity index (χ3n) is 3.11. The van der Waals surface area contributed by atoms with Gasteiger partial charge < -0.3 is 5.11 Å². The maximum absolute atomic E-state index is 10.5. The second kappa shape index (κ2) is 7.85. The lowest BCUT2D eigenvalue weighted by molar-refractivity contribution is -0.131. The molecule has 0 aliphatic carbocycles. The summed E-state index contributed by atoms with van der Waals surface area (Å²) in [5, 5.41) is 8.60. The van der Waals surface area contributed by atoms with Crippen LogP contribution in [0.15, 0.2) is 30.3 Å². The average molecular weight is 275 g/mol. The number of carboxylic acids is 1. The molecule has 0 fully saturated rings. The molecule has 0 atom stereocenters. The van der Waals surface area contributed by atoms with Gasteiger partial charge in [-0.2, -0.15) is 0 Å². The van der Waals surface area contributed by atoms with E-state index in [1.165, 1.54) is 5.56 Å². The Kier molecular flexibility index (Phi) is 6.46. The summed E-state index contributed by atoms with van der Waals surface area (Å²) >= 11 is 0. The van der Waals surface area contributed by atoms with Gasteiger partial charge in [-0.3, -0.25) is 4.90 Å². The molecule has 1 aromatic rings. The second-order valence-corrected chi connectivity index (χ2v) is 5.83. The van der Waals surface area contributed by atoms with Gasteiger partial charge >= 0.3 is 5.97 Å². The zero-order chi connectivity index (χ0) is 15.1. The Labute approximate surface area is 121 Å². The molecule has 1 N–H and O–H groups in total. The summed E-state index contributed by atoms with van der Waals surface area (Å²) in [5.41, 5.74) is 2.17. The average Bonchev–Trinajstić information content (AvgIpc) is 2.36. The molecule has 1 rings (SSSR count). The van der Waals surface area contributed by atoms with Crippen molar-refractivity contribution < 1.29 is 9.90 Å². The molecule has 0 spiro atoms. The van der Waals surface area contributed by atoms with E-state index < -0.39 is 5.97 Å². The highest BCUT2D eigenvalue weighted by Gasteiger charge is 2.11. The van der Waals surface area contributed by atoms with Crippen LogP contribution in [0.5, 0.6) is 0 Å². The van der Waals surface area contributed by atoms with Crippen molar-refractivity contribution in [1.82, 2.24) is 4.90 Å². The molecule has 20 heavy (non-hydrogen) atoms. The molecular formula is C17H25NO2. The van der Waals surface area contributed by atoms with Gasteiger partial charge in [-0.15, -0.1) is 0 Å². The maximum Gasteiger partial charge on any atom is 0.328 e. The molecule has 0 radical (unpaired) electrons. The maximum atomic E-state index is 10.5. The minimum absolute atomic E-state index is 0.518. The minimum Gasteiger partial charge on any atom is -0.478 e. The fourth-order valence-corrected chi connectivity index (χ4v) is 2.06. The highest BCUT2D eigenvalue weighted by atomic mass is 16.4. The molecule has 0 aliphatic heterocycles. The molecule has 110 valence electrons. The predicted molar refractivity (Wildman–Crippen MR) is 83.5 cm³/mol. The lowest BCUT2D eigenvalue weighted by atomic mass is 10.1. The van der Waals surface area contributed by atoms with Gasteiger partial charge in [0.25, 0.3) is 0 Å². The first-order chi connectivity index (χ1) is 9.38. The number of hydrogen-bond donors (Lipinski definition) is 1. The molecule has 0 heterocycles. The molecular weight excluding hydrogens is 250 g/mol. The number of aliphatic carboxylic acids is 1. The van der Waals surface area contributed by atoms with Crippen LogP contribution in [-0.4, -0.2) is 28.6 Å². The van der Waals surface area contributed by atoms with Crippen LogP contribution in [0.3, 0.4) is 0 Å². The fourth-order valence-electron chi connectivity index (χ4n) is 2.06. The van der Waals surface area contributed by atoms with Gasteiger partial charge in [0, 0.05) is 25.2 Å². The lowest BCUT2D eigenvalue weighted by Gasteiger charge is -2.28. The van der Waals surface area contributed by atoms with E-state index in [1.54, 1.807) is 6.08 Å². The smallest absolute Gasteiger partial charge is 0.328 e. The topological polar surface area (TPSA) is 40.5 Å². The van der Waals surface area contributed by atoms with Gasteiger partial charge in [-0.1, -0.05) is 38.1 Å². The van der Waals surface area contributed by atoms with Crippen molar-refractivity contribution in [2.24, 2.45) is 5.92 Å². The van der Waals surface area contributed by atoms with Crippen molar-refractivity contribution in [3.05, 3.63) is 41.5 Å². The minimum atomic E-state index is -0.919. The van der Waals surface area contributed by atoms with Crippen LogP contribution >= 0.6 is 0 Å². The van der Waals surface area contributed by atoms with Crippen molar-refractivity contribution in [3.63, 3.8) is 0 Å². The number of nitrogens with zero attached hydrogens (tertiary/aromatic N) is 1. The number of carboxylic acid groups (broad SMARTS) is 1. The molecule has 0 bridgehead atoms. The molecule has 0 saturated carbocycles. The first-order valence-electron chi connectivity index (χ1n) is 7.12. The van der Waals surface area contributed by atoms with Gasteiger partial charge in [-0.05, 0) is 37.0 Å². The Morgan fingerprint density at radius 1 is 1.20 bits per heavy atom. The van der Waals surface area contributed by atoms with Crippen LogP contribution in [0, 0.1) is 5.92 Å². The van der Waals surface area contributed by atoms with E-state index in [1.807, 2.05) is 12.1 Å². The molecule has 1 aromatic carbocycles. The van der Waals surface area contributed by atoms with Crippen molar-refractivity contribution in [2.75, 3.05) is 6.54 Å². The number of benzene rings is 1. The van der Waals surface area contributed by atoms with Gasteiger partial charge in [0.2, 0.25) is 0 Å². The molecule has 3 heteroatoms. The van der Waals surface area contributed by atoms with Crippen LogP contribution in [0.25, 0.3) is 6.08 Å². The van der Waals surface area contributed by atoms with Crippen molar-refractivity contribution in [1.29, 1.82) is 0 Å². The summed E-state index contributed by atoms with van der Waals surface area (Å²) in [6, 6.07) is 8.57. The van der Waals surface area contributed by atoms with Crippen LogP contribution < -0.4 is 0 Å². The van der Waals surface area contributed by atoms with Gasteiger partial charge in [-0.25, -0.2) is 4.79 Å². The first kappa shape index (κ1) is 16.4. The number of hydrogen-bond acceptors (Lipinski definition) is 2. The van der Waals surface area contributed by atoms with E-state index in [-0.39, 0.29) is 0 Å². The Morgan fingerprint density at radius 3 is 2.25 bits per heavy atom. The molecule has 0 aromatic heterocycles. The van der Waals surface area contributed by atoms with Crippen LogP contribution in [-0.2, 0) is 11.3 Å². The summed E-state index contributed by atoms with van der Waals surface area (Å²) in [7, 11) is 0. The Balaban J connectivity index is 2.70. The van der Waals surface area contributed by atoms with E-state index in [9.17, 15) is 4.79 Å². The zero-order valence-corrected chi connectivity index (χ0v) is 12.8. The highest BCUT2D eigenvalue weighted by molar-refractivity contribution is 5.85. The predicted octanol–water partition coefficient (Wildman–Crippen LogP) is 3.65.